The smallest absolute Gasteiger partial charge is 0.234 e. The van der Waals surface area contributed by atoms with Crippen molar-refractivity contribution in [2.24, 2.45) is 17.8 Å². The van der Waals surface area contributed by atoms with Crippen LogP contribution in [0.5, 0.6) is 11.5 Å². The standard InChI is InChI=1S/C20H30N2O3/c1-13(17-9-14-4-6-16(17)8-14)21-12-20(23)22-11-15-5-7-18(24-2)19(10-15)25-3/h5,7,10,13-14,16-17,21H,4,6,8-9,11-12H2,1-3H3,(H,22,23)/t13-,14+,16+,17-/m1/s1. The van der Waals surface area contributed by atoms with Gasteiger partial charge in [-0.3, -0.25) is 4.79 Å². The van der Waals surface area contributed by atoms with E-state index >= 15 is 0 Å². The summed E-state index contributed by atoms with van der Waals surface area (Å²) in [6.07, 6.45) is 5.54. The van der Waals surface area contributed by atoms with Crippen molar-refractivity contribution in [2.45, 2.75) is 45.2 Å². The number of methoxy groups -OCH3 is 2. The highest BCUT2D eigenvalue weighted by atomic mass is 16.5. The van der Waals surface area contributed by atoms with Gasteiger partial charge in [-0.05, 0) is 61.6 Å². The molecular weight excluding hydrogens is 316 g/mol. The molecule has 1 aromatic carbocycles. The first-order valence-corrected chi connectivity index (χ1v) is 9.31. The molecule has 2 N–H and O–H groups in total. The van der Waals surface area contributed by atoms with Crippen molar-refractivity contribution in [1.82, 2.24) is 10.6 Å². The zero-order valence-electron chi connectivity index (χ0n) is 15.5. The molecule has 2 aliphatic rings. The van der Waals surface area contributed by atoms with E-state index in [1.807, 2.05) is 18.2 Å². The van der Waals surface area contributed by atoms with Gasteiger partial charge in [0.1, 0.15) is 0 Å². The Morgan fingerprint density at radius 3 is 2.64 bits per heavy atom. The van der Waals surface area contributed by atoms with Crippen molar-refractivity contribution in [3.63, 3.8) is 0 Å². The third-order valence-electron chi connectivity index (χ3n) is 5.96. The van der Waals surface area contributed by atoms with E-state index in [0.717, 1.165) is 23.3 Å². The largest absolute Gasteiger partial charge is 0.493 e. The number of hydrogen-bond acceptors (Lipinski definition) is 4. The minimum absolute atomic E-state index is 0.0322. The molecule has 5 nitrogen and oxygen atoms in total. The first-order valence-electron chi connectivity index (χ1n) is 9.31. The van der Waals surface area contributed by atoms with Crippen molar-refractivity contribution in [3.8, 4) is 11.5 Å². The second-order valence-electron chi connectivity index (χ2n) is 7.47. The number of carbonyl (C=O) groups excluding carboxylic acids is 1. The second kappa shape index (κ2) is 8.09. The van der Waals surface area contributed by atoms with Crippen molar-refractivity contribution in [3.05, 3.63) is 23.8 Å². The van der Waals surface area contributed by atoms with Gasteiger partial charge in [-0.25, -0.2) is 0 Å². The average Bonchev–Trinajstić information content (AvgIpc) is 3.27. The van der Waals surface area contributed by atoms with Gasteiger partial charge < -0.3 is 20.1 Å². The first-order chi connectivity index (χ1) is 12.1. The Hall–Kier alpha value is -1.75. The Labute approximate surface area is 150 Å². The quantitative estimate of drug-likeness (QED) is 0.760. The summed E-state index contributed by atoms with van der Waals surface area (Å²) in [5.74, 6) is 3.97. The maximum Gasteiger partial charge on any atom is 0.234 e. The molecule has 2 aliphatic carbocycles. The van der Waals surface area contributed by atoms with Gasteiger partial charge in [0.2, 0.25) is 5.91 Å². The zero-order valence-corrected chi connectivity index (χ0v) is 15.5. The Morgan fingerprint density at radius 1 is 1.20 bits per heavy atom. The number of carbonyl (C=O) groups is 1. The zero-order chi connectivity index (χ0) is 17.8. The molecule has 0 unspecified atom stereocenters. The minimum atomic E-state index is 0.0322. The molecule has 3 rings (SSSR count). The highest BCUT2D eigenvalue weighted by Crippen LogP contribution is 2.49. The number of nitrogens with one attached hydrogen (secondary N) is 2. The summed E-state index contributed by atoms with van der Waals surface area (Å²) >= 11 is 0. The van der Waals surface area contributed by atoms with E-state index in [4.69, 9.17) is 9.47 Å². The monoisotopic (exact) mass is 346 g/mol. The molecule has 0 spiro atoms. The summed E-state index contributed by atoms with van der Waals surface area (Å²) in [5, 5.41) is 6.40. The third-order valence-corrected chi connectivity index (χ3v) is 5.96. The lowest BCUT2D eigenvalue weighted by Gasteiger charge is -2.28. The molecule has 2 fully saturated rings. The fraction of sp³-hybridized carbons (Fsp3) is 0.650. The SMILES string of the molecule is COc1ccc(CNC(=O)CN[C@H](C)[C@H]2C[C@H]3CC[C@H]2C3)cc1OC. The van der Waals surface area contributed by atoms with Crippen LogP contribution in [0.4, 0.5) is 0 Å². The second-order valence-corrected chi connectivity index (χ2v) is 7.47. The summed E-state index contributed by atoms with van der Waals surface area (Å²) in [7, 11) is 3.23. The number of rotatable bonds is 8. The lowest BCUT2D eigenvalue weighted by atomic mass is 9.84. The summed E-state index contributed by atoms with van der Waals surface area (Å²) < 4.78 is 10.5. The van der Waals surface area contributed by atoms with Gasteiger partial charge in [0.25, 0.3) is 0 Å². The van der Waals surface area contributed by atoms with E-state index in [-0.39, 0.29) is 5.91 Å². The number of fused-ring (bicyclic) bond motifs is 2. The molecule has 0 aromatic heterocycles. The predicted octanol–water partition coefficient (Wildman–Crippen LogP) is 2.73. The molecule has 5 heteroatoms. The first kappa shape index (κ1) is 18.1. The van der Waals surface area contributed by atoms with Gasteiger partial charge in [0.05, 0.1) is 20.8 Å². The van der Waals surface area contributed by atoms with Crippen LogP contribution in [0, 0.1) is 17.8 Å². The molecule has 2 bridgehead atoms. The van der Waals surface area contributed by atoms with Crippen LogP contribution in [0.25, 0.3) is 0 Å². The average molecular weight is 346 g/mol. The van der Waals surface area contributed by atoms with Crippen LogP contribution in [0.15, 0.2) is 18.2 Å². The maximum atomic E-state index is 12.1. The fourth-order valence-corrected chi connectivity index (χ4v) is 4.57. The topological polar surface area (TPSA) is 59.6 Å². The number of hydrogen-bond donors (Lipinski definition) is 2. The van der Waals surface area contributed by atoms with E-state index in [1.54, 1.807) is 14.2 Å². The van der Waals surface area contributed by atoms with E-state index < -0.39 is 0 Å². The number of ether oxygens (including phenoxy) is 2. The molecule has 1 amide bonds. The molecule has 2 saturated carbocycles. The van der Waals surface area contributed by atoms with Crippen LogP contribution >= 0.6 is 0 Å². The van der Waals surface area contributed by atoms with Crippen LogP contribution in [0.3, 0.4) is 0 Å². The molecule has 4 atom stereocenters. The molecule has 138 valence electrons. The van der Waals surface area contributed by atoms with Crippen LogP contribution < -0.4 is 20.1 Å². The molecule has 0 radical (unpaired) electrons. The van der Waals surface area contributed by atoms with Crippen molar-refractivity contribution in [1.29, 1.82) is 0 Å². The van der Waals surface area contributed by atoms with Crippen molar-refractivity contribution < 1.29 is 14.3 Å². The highest BCUT2D eigenvalue weighted by Gasteiger charge is 2.41. The number of benzene rings is 1. The van der Waals surface area contributed by atoms with Gasteiger partial charge in [-0.2, -0.15) is 0 Å². The van der Waals surface area contributed by atoms with Crippen molar-refractivity contribution in [2.75, 3.05) is 20.8 Å². The van der Waals surface area contributed by atoms with Crippen molar-refractivity contribution >= 4 is 5.91 Å². The van der Waals surface area contributed by atoms with E-state index in [0.29, 0.717) is 30.6 Å². The van der Waals surface area contributed by atoms with E-state index in [9.17, 15) is 4.79 Å². The Balaban J connectivity index is 1.42. The molecule has 0 saturated heterocycles. The Morgan fingerprint density at radius 2 is 2.00 bits per heavy atom. The van der Waals surface area contributed by atoms with Gasteiger partial charge in [0.15, 0.2) is 11.5 Å². The fourth-order valence-electron chi connectivity index (χ4n) is 4.57. The summed E-state index contributed by atoms with van der Waals surface area (Å²) in [6.45, 7) is 3.10. The highest BCUT2D eigenvalue weighted by molar-refractivity contribution is 5.78. The molecule has 0 aliphatic heterocycles. The van der Waals surface area contributed by atoms with E-state index in [1.165, 1.54) is 25.7 Å². The molecule has 0 heterocycles. The van der Waals surface area contributed by atoms with Crippen LogP contribution in [-0.4, -0.2) is 32.7 Å². The van der Waals surface area contributed by atoms with Gasteiger partial charge >= 0.3 is 0 Å². The minimum Gasteiger partial charge on any atom is -0.493 e. The van der Waals surface area contributed by atoms with Gasteiger partial charge in [-0.1, -0.05) is 12.5 Å². The lowest BCUT2D eigenvalue weighted by Crippen LogP contribution is -2.42. The maximum absolute atomic E-state index is 12.1. The van der Waals surface area contributed by atoms with Crippen LogP contribution in [-0.2, 0) is 11.3 Å². The lowest BCUT2D eigenvalue weighted by molar-refractivity contribution is -0.120. The molecular formula is C20H30N2O3. The predicted molar refractivity (Wildman–Crippen MR) is 97.8 cm³/mol. The van der Waals surface area contributed by atoms with E-state index in [2.05, 4.69) is 17.6 Å². The Kier molecular flexibility index (Phi) is 5.84. The molecule has 25 heavy (non-hydrogen) atoms. The van der Waals surface area contributed by atoms with Gasteiger partial charge in [-0.15, -0.1) is 0 Å². The third kappa shape index (κ3) is 4.27. The Bertz CT molecular complexity index is 605. The van der Waals surface area contributed by atoms with Crippen LogP contribution in [0.1, 0.15) is 38.2 Å². The summed E-state index contributed by atoms with van der Waals surface area (Å²) in [4.78, 5) is 12.1. The summed E-state index contributed by atoms with van der Waals surface area (Å²) in [5.41, 5.74) is 0.993. The van der Waals surface area contributed by atoms with Crippen LogP contribution in [0.2, 0.25) is 0 Å². The normalized spacial score (nSPS) is 25.6. The molecule has 1 aromatic rings. The summed E-state index contributed by atoms with van der Waals surface area (Å²) in [6, 6.07) is 6.11. The number of amides is 1. The van der Waals surface area contributed by atoms with Gasteiger partial charge in [0, 0.05) is 12.6 Å².